The van der Waals surface area contributed by atoms with Crippen LogP contribution in [0.25, 0.3) is 11.4 Å². The number of H-pyrrole nitrogens is 1. The van der Waals surface area contributed by atoms with Crippen molar-refractivity contribution < 1.29 is 17.7 Å². The van der Waals surface area contributed by atoms with Crippen LogP contribution in [-0.2, 0) is 10.0 Å². The van der Waals surface area contributed by atoms with Crippen LogP contribution in [-0.4, -0.2) is 29.4 Å². The zero-order valence-corrected chi connectivity index (χ0v) is 16.6. The van der Waals surface area contributed by atoms with Crippen LogP contribution in [0.2, 0.25) is 0 Å². The van der Waals surface area contributed by atoms with Gasteiger partial charge in [-0.1, -0.05) is 17.3 Å². The summed E-state index contributed by atoms with van der Waals surface area (Å²) in [6.45, 7) is 0. The molecule has 10 nitrogen and oxygen atoms in total. The number of aromatic nitrogens is 3. The standard InChI is InChI=1S/C20H15N5O5S/c26-19(22-16-3-1-2-14(12-16)18-23-20(27)30-24-18)13-4-6-17(7-5-13)31(28,29)25-15-8-10-21-11-9-15/h1-12H,(H,21,25)(H,22,26)(H,23,24,27). The maximum atomic E-state index is 12.5. The van der Waals surface area contributed by atoms with Gasteiger partial charge in [0.05, 0.1) is 10.6 Å². The molecule has 2 heterocycles. The topological polar surface area (TPSA) is 147 Å². The third kappa shape index (κ3) is 4.67. The van der Waals surface area contributed by atoms with Crippen molar-refractivity contribution in [3.63, 3.8) is 0 Å². The molecule has 0 aliphatic heterocycles. The lowest BCUT2D eigenvalue weighted by molar-refractivity contribution is 0.102. The number of benzene rings is 2. The van der Waals surface area contributed by atoms with Crippen LogP contribution in [0.3, 0.4) is 0 Å². The van der Waals surface area contributed by atoms with E-state index in [9.17, 15) is 18.0 Å². The molecular formula is C20H15N5O5S. The molecule has 0 fully saturated rings. The van der Waals surface area contributed by atoms with Gasteiger partial charge in [0.15, 0.2) is 5.82 Å². The van der Waals surface area contributed by atoms with Gasteiger partial charge in [-0.25, -0.2) is 13.2 Å². The molecule has 11 heteroatoms. The van der Waals surface area contributed by atoms with Crippen LogP contribution in [0.5, 0.6) is 0 Å². The molecule has 0 spiro atoms. The Morgan fingerprint density at radius 1 is 0.968 bits per heavy atom. The van der Waals surface area contributed by atoms with Crippen molar-refractivity contribution in [1.29, 1.82) is 0 Å². The number of nitrogens with zero attached hydrogens (tertiary/aromatic N) is 2. The average molecular weight is 437 g/mol. The van der Waals surface area contributed by atoms with Gasteiger partial charge in [0, 0.05) is 29.2 Å². The molecule has 0 radical (unpaired) electrons. The molecule has 4 aromatic rings. The number of pyridine rings is 1. The lowest BCUT2D eigenvalue weighted by atomic mass is 10.1. The average Bonchev–Trinajstić information content (AvgIpc) is 3.21. The number of aromatic amines is 1. The summed E-state index contributed by atoms with van der Waals surface area (Å²) < 4.78 is 31.9. The minimum atomic E-state index is -3.80. The van der Waals surface area contributed by atoms with Crippen molar-refractivity contribution in [3.8, 4) is 11.4 Å². The molecule has 31 heavy (non-hydrogen) atoms. The highest BCUT2D eigenvalue weighted by atomic mass is 32.2. The van der Waals surface area contributed by atoms with Crippen molar-refractivity contribution in [1.82, 2.24) is 15.1 Å². The summed E-state index contributed by atoms with van der Waals surface area (Å²) in [4.78, 5) is 29.9. The van der Waals surface area contributed by atoms with Gasteiger partial charge in [0.2, 0.25) is 0 Å². The van der Waals surface area contributed by atoms with Crippen LogP contribution in [0, 0.1) is 0 Å². The molecule has 0 aliphatic carbocycles. The number of carbonyl (C=O) groups is 1. The van der Waals surface area contributed by atoms with Crippen molar-refractivity contribution in [3.05, 3.63) is 89.2 Å². The Morgan fingerprint density at radius 3 is 2.39 bits per heavy atom. The molecular weight excluding hydrogens is 422 g/mol. The molecule has 2 aromatic carbocycles. The molecule has 3 N–H and O–H groups in total. The van der Waals surface area contributed by atoms with E-state index in [1.54, 1.807) is 24.3 Å². The van der Waals surface area contributed by atoms with E-state index in [0.29, 0.717) is 16.9 Å². The van der Waals surface area contributed by atoms with Crippen molar-refractivity contribution in [2.45, 2.75) is 4.90 Å². The molecule has 1 amide bonds. The first kappa shape index (κ1) is 20.0. The normalized spacial score (nSPS) is 11.1. The molecule has 0 atom stereocenters. The highest BCUT2D eigenvalue weighted by molar-refractivity contribution is 7.92. The van der Waals surface area contributed by atoms with Crippen LogP contribution < -0.4 is 15.8 Å². The molecule has 156 valence electrons. The lowest BCUT2D eigenvalue weighted by Crippen LogP contribution is -2.15. The second kappa shape index (κ2) is 8.24. The predicted octanol–water partition coefficient (Wildman–Crippen LogP) is 2.48. The molecule has 0 aliphatic rings. The predicted molar refractivity (Wildman–Crippen MR) is 112 cm³/mol. The molecule has 0 unspecified atom stereocenters. The highest BCUT2D eigenvalue weighted by Crippen LogP contribution is 2.20. The van der Waals surface area contributed by atoms with Crippen molar-refractivity contribution in [2.24, 2.45) is 0 Å². The smallest absolute Gasteiger partial charge is 0.322 e. The number of hydrogen-bond acceptors (Lipinski definition) is 7. The molecule has 0 saturated carbocycles. The first-order chi connectivity index (χ1) is 14.9. The third-order valence-corrected chi connectivity index (χ3v) is 5.59. The second-order valence-electron chi connectivity index (χ2n) is 6.34. The van der Waals surface area contributed by atoms with Crippen molar-refractivity contribution >= 4 is 27.3 Å². The first-order valence-corrected chi connectivity index (χ1v) is 10.4. The fourth-order valence-electron chi connectivity index (χ4n) is 2.72. The summed E-state index contributed by atoms with van der Waals surface area (Å²) in [5.74, 6) is -0.882. The zero-order chi connectivity index (χ0) is 21.8. The van der Waals surface area contributed by atoms with Gasteiger partial charge in [-0.2, -0.15) is 0 Å². The van der Waals surface area contributed by atoms with Crippen molar-refractivity contribution in [2.75, 3.05) is 10.0 Å². The maximum absolute atomic E-state index is 12.5. The zero-order valence-electron chi connectivity index (χ0n) is 15.8. The first-order valence-electron chi connectivity index (χ1n) is 8.91. The number of nitrogens with one attached hydrogen (secondary N) is 3. The van der Waals surface area contributed by atoms with E-state index in [-0.39, 0.29) is 16.3 Å². The van der Waals surface area contributed by atoms with E-state index in [0.717, 1.165) is 0 Å². The number of rotatable bonds is 6. The van der Waals surface area contributed by atoms with E-state index in [4.69, 9.17) is 0 Å². The van der Waals surface area contributed by atoms with E-state index in [1.807, 2.05) is 0 Å². The van der Waals surface area contributed by atoms with Crippen LogP contribution in [0.15, 0.2) is 87.3 Å². The Bertz CT molecular complexity index is 1380. The summed E-state index contributed by atoms with van der Waals surface area (Å²) in [6, 6.07) is 15.2. The number of anilines is 2. The second-order valence-corrected chi connectivity index (χ2v) is 8.03. The van der Waals surface area contributed by atoms with Crippen LogP contribution >= 0.6 is 0 Å². The Balaban J connectivity index is 1.48. The minimum absolute atomic E-state index is 0.0119. The highest BCUT2D eigenvalue weighted by Gasteiger charge is 2.15. The van der Waals surface area contributed by atoms with Gasteiger partial charge in [-0.05, 0) is 48.5 Å². The monoisotopic (exact) mass is 437 g/mol. The minimum Gasteiger partial charge on any atom is -0.322 e. The van der Waals surface area contributed by atoms with Crippen LogP contribution in [0.4, 0.5) is 11.4 Å². The van der Waals surface area contributed by atoms with E-state index in [1.165, 1.54) is 48.8 Å². The Morgan fingerprint density at radius 2 is 1.71 bits per heavy atom. The largest absolute Gasteiger partial charge is 0.439 e. The number of carbonyl (C=O) groups excluding carboxylic acids is 1. The fourth-order valence-corrected chi connectivity index (χ4v) is 3.78. The van der Waals surface area contributed by atoms with E-state index in [2.05, 4.69) is 29.7 Å². The van der Waals surface area contributed by atoms with Crippen LogP contribution in [0.1, 0.15) is 10.4 Å². The molecule has 4 rings (SSSR count). The number of amides is 1. The summed E-state index contributed by atoms with van der Waals surface area (Å²) >= 11 is 0. The maximum Gasteiger partial charge on any atom is 0.439 e. The number of hydrogen-bond donors (Lipinski definition) is 3. The van der Waals surface area contributed by atoms with Gasteiger partial charge < -0.3 is 5.32 Å². The van der Waals surface area contributed by atoms with Gasteiger partial charge in [0.1, 0.15) is 0 Å². The van der Waals surface area contributed by atoms with E-state index >= 15 is 0 Å². The summed E-state index contributed by atoms with van der Waals surface area (Å²) in [6.07, 6.45) is 2.95. The van der Waals surface area contributed by atoms with Gasteiger partial charge >= 0.3 is 5.76 Å². The van der Waals surface area contributed by atoms with E-state index < -0.39 is 21.7 Å². The molecule has 0 saturated heterocycles. The quantitative estimate of drug-likeness (QED) is 0.420. The van der Waals surface area contributed by atoms with Gasteiger partial charge in [-0.15, -0.1) is 0 Å². The SMILES string of the molecule is O=C(Nc1cccc(-c2noc(=O)[nH]2)c1)c1ccc(S(=O)(=O)Nc2ccncc2)cc1. The summed E-state index contributed by atoms with van der Waals surface area (Å²) in [7, 11) is -3.80. The summed E-state index contributed by atoms with van der Waals surface area (Å²) in [5, 5.41) is 6.32. The third-order valence-electron chi connectivity index (χ3n) is 4.19. The lowest BCUT2D eigenvalue weighted by Gasteiger charge is -2.09. The fraction of sp³-hybridized carbons (Fsp3) is 0. The van der Waals surface area contributed by atoms with Gasteiger partial charge in [0.25, 0.3) is 15.9 Å². The van der Waals surface area contributed by atoms with Gasteiger partial charge in [-0.3, -0.25) is 24.0 Å². The Labute approximate surface area is 176 Å². The molecule has 0 bridgehead atoms. The Hall–Kier alpha value is -4.25. The number of sulfonamides is 1. The Kier molecular flexibility index (Phi) is 5.33. The summed E-state index contributed by atoms with van der Waals surface area (Å²) in [5.41, 5.74) is 1.66. The molecule has 2 aromatic heterocycles.